The number of hydrogen-bond acceptors (Lipinski definition) is 5. The van der Waals surface area contributed by atoms with Gasteiger partial charge in [-0.25, -0.2) is 0 Å². The Labute approximate surface area is 154 Å². The van der Waals surface area contributed by atoms with Crippen LogP contribution in [0, 0.1) is 22.7 Å². The van der Waals surface area contributed by atoms with Gasteiger partial charge in [0.05, 0.1) is 11.3 Å². The molecule has 136 valence electrons. The molecule has 0 radical (unpaired) electrons. The first-order valence-corrected chi connectivity index (χ1v) is 8.58. The molecule has 1 fully saturated rings. The highest BCUT2D eigenvalue weighted by atomic mass is 16.1. The zero-order valence-corrected chi connectivity index (χ0v) is 15.7. The van der Waals surface area contributed by atoms with E-state index in [4.69, 9.17) is 11.0 Å². The lowest BCUT2D eigenvalue weighted by Crippen LogP contribution is -2.61. The second-order valence-corrected chi connectivity index (χ2v) is 7.93. The zero-order chi connectivity index (χ0) is 19.5. The maximum absolute atomic E-state index is 12.6. The number of hydrogen-bond donors (Lipinski definition) is 2. The Kier molecular flexibility index (Phi) is 5.39. The Morgan fingerprint density at radius 1 is 1.23 bits per heavy atom. The molecule has 1 aromatic rings. The van der Waals surface area contributed by atoms with E-state index in [0.717, 1.165) is 12.8 Å². The van der Waals surface area contributed by atoms with E-state index in [1.54, 1.807) is 30.5 Å². The highest BCUT2D eigenvalue weighted by molar-refractivity contribution is 6.07. The van der Waals surface area contributed by atoms with Gasteiger partial charge in [-0.1, -0.05) is 12.1 Å². The monoisotopic (exact) mass is 351 g/mol. The van der Waals surface area contributed by atoms with Gasteiger partial charge >= 0.3 is 0 Å². The fourth-order valence-corrected chi connectivity index (χ4v) is 3.87. The minimum Gasteiger partial charge on any atom is -0.366 e. The smallest absolute Gasteiger partial charge is 0.267 e. The van der Waals surface area contributed by atoms with E-state index >= 15 is 0 Å². The number of nitriles is 2. The number of nitrogens with one attached hydrogen (secondary N) is 1. The molecule has 1 aromatic carbocycles. The standard InChI is InChI=1S/C20H25N5O/c1-19(2)9-16(23)10-20(3,4)25(19)13-15(12-22)18(26)24-17-8-6-5-7-14(17)11-21/h5-8,13,16H,9-10,23H2,1-4H3,(H,24,26)/b15-13-. The van der Waals surface area contributed by atoms with Crippen LogP contribution >= 0.6 is 0 Å². The molecule has 1 aliphatic heterocycles. The molecule has 0 saturated carbocycles. The highest BCUT2D eigenvalue weighted by Gasteiger charge is 2.43. The molecule has 2 rings (SSSR count). The number of likely N-dealkylation sites (tertiary alicyclic amines) is 1. The van der Waals surface area contributed by atoms with Crippen molar-refractivity contribution in [2.45, 2.75) is 57.7 Å². The van der Waals surface area contributed by atoms with Crippen molar-refractivity contribution in [2.24, 2.45) is 5.73 Å². The summed E-state index contributed by atoms with van der Waals surface area (Å²) in [7, 11) is 0. The molecule has 6 heteroatoms. The minimum atomic E-state index is -0.531. The average Bonchev–Trinajstić information content (AvgIpc) is 2.53. The van der Waals surface area contributed by atoms with E-state index in [1.165, 1.54) is 0 Å². The van der Waals surface area contributed by atoms with Crippen LogP contribution in [-0.4, -0.2) is 27.9 Å². The van der Waals surface area contributed by atoms with E-state index in [1.807, 2.05) is 12.1 Å². The topological polar surface area (TPSA) is 106 Å². The predicted molar refractivity (Wildman–Crippen MR) is 101 cm³/mol. The fourth-order valence-electron chi connectivity index (χ4n) is 3.87. The van der Waals surface area contributed by atoms with Gasteiger partial charge in [-0.3, -0.25) is 4.79 Å². The van der Waals surface area contributed by atoms with Crippen LogP contribution in [0.1, 0.15) is 46.1 Å². The maximum atomic E-state index is 12.6. The molecule has 1 amide bonds. The molecule has 3 N–H and O–H groups in total. The number of amides is 1. The third kappa shape index (κ3) is 4.04. The lowest BCUT2D eigenvalue weighted by atomic mass is 9.77. The van der Waals surface area contributed by atoms with Crippen molar-refractivity contribution >= 4 is 11.6 Å². The summed E-state index contributed by atoms with van der Waals surface area (Å²) in [5.41, 5.74) is 6.35. The molecule has 6 nitrogen and oxygen atoms in total. The van der Waals surface area contributed by atoms with Crippen molar-refractivity contribution in [3.63, 3.8) is 0 Å². The molecule has 1 aliphatic rings. The van der Waals surface area contributed by atoms with Crippen LogP contribution in [0.5, 0.6) is 0 Å². The Bertz CT molecular complexity index is 792. The number of anilines is 1. The first kappa shape index (κ1) is 19.5. The van der Waals surface area contributed by atoms with Crippen LogP contribution in [-0.2, 0) is 4.79 Å². The Balaban J connectivity index is 2.33. The molecular weight excluding hydrogens is 326 g/mol. The number of carbonyl (C=O) groups is 1. The van der Waals surface area contributed by atoms with E-state index in [9.17, 15) is 10.1 Å². The zero-order valence-electron chi connectivity index (χ0n) is 15.7. The molecule has 1 saturated heterocycles. The molecule has 0 spiro atoms. The van der Waals surface area contributed by atoms with Crippen molar-refractivity contribution in [3.05, 3.63) is 41.6 Å². The fraction of sp³-hybridized carbons (Fsp3) is 0.450. The normalized spacial score (nSPS) is 19.3. The van der Waals surface area contributed by atoms with Gasteiger partial charge in [-0.05, 0) is 52.7 Å². The highest BCUT2D eigenvalue weighted by Crippen LogP contribution is 2.38. The summed E-state index contributed by atoms with van der Waals surface area (Å²) in [6, 6.07) is 10.8. The van der Waals surface area contributed by atoms with E-state index < -0.39 is 5.91 Å². The Morgan fingerprint density at radius 2 is 1.81 bits per heavy atom. The average molecular weight is 351 g/mol. The predicted octanol–water partition coefficient (Wildman–Crippen LogP) is 2.88. The van der Waals surface area contributed by atoms with Gasteiger partial charge < -0.3 is 16.0 Å². The number of nitrogens with two attached hydrogens (primary N) is 1. The third-order valence-corrected chi connectivity index (χ3v) is 4.75. The quantitative estimate of drug-likeness (QED) is 0.643. The van der Waals surface area contributed by atoms with Gasteiger partial charge in [0, 0.05) is 23.3 Å². The van der Waals surface area contributed by atoms with Crippen LogP contribution < -0.4 is 11.1 Å². The van der Waals surface area contributed by atoms with Crippen LogP contribution in [0.4, 0.5) is 5.69 Å². The molecule has 26 heavy (non-hydrogen) atoms. The van der Waals surface area contributed by atoms with Gasteiger partial charge in [0.15, 0.2) is 0 Å². The molecule has 0 aromatic heterocycles. The second kappa shape index (κ2) is 7.19. The Morgan fingerprint density at radius 3 is 2.35 bits per heavy atom. The maximum Gasteiger partial charge on any atom is 0.267 e. The Hall–Kier alpha value is -2.83. The molecule has 0 bridgehead atoms. The van der Waals surface area contributed by atoms with Crippen LogP contribution in [0.2, 0.25) is 0 Å². The number of rotatable bonds is 3. The van der Waals surface area contributed by atoms with Gasteiger partial charge in [0.25, 0.3) is 5.91 Å². The van der Waals surface area contributed by atoms with Crippen molar-refractivity contribution in [2.75, 3.05) is 5.32 Å². The number of carbonyl (C=O) groups excluding carboxylic acids is 1. The SMILES string of the molecule is CC1(C)CC(N)CC(C)(C)N1/C=C(/C#N)C(=O)Nc1ccccc1C#N. The molecule has 0 aliphatic carbocycles. The minimum absolute atomic E-state index is 0.00522. The van der Waals surface area contributed by atoms with Crippen molar-refractivity contribution < 1.29 is 4.79 Å². The summed E-state index contributed by atoms with van der Waals surface area (Å²) in [5.74, 6) is -0.531. The summed E-state index contributed by atoms with van der Waals surface area (Å²) in [5, 5.41) is 21.3. The summed E-state index contributed by atoms with van der Waals surface area (Å²) in [6.07, 6.45) is 3.16. The van der Waals surface area contributed by atoms with Gasteiger partial charge in [0.2, 0.25) is 0 Å². The number of benzene rings is 1. The first-order chi connectivity index (χ1) is 12.1. The summed E-state index contributed by atoms with van der Waals surface area (Å²) in [4.78, 5) is 14.7. The van der Waals surface area contributed by atoms with Crippen molar-refractivity contribution in [1.82, 2.24) is 4.90 Å². The second-order valence-electron chi connectivity index (χ2n) is 7.93. The van der Waals surface area contributed by atoms with Crippen LogP contribution in [0.3, 0.4) is 0 Å². The molecule has 0 atom stereocenters. The van der Waals surface area contributed by atoms with E-state index in [2.05, 4.69) is 37.9 Å². The number of piperidine rings is 1. The molecular formula is C20H25N5O. The number of para-hydroxylation sites is 1. The van der Waals surface area contributed by atoms with Crippen molar-refractivity contribution in [1.29, 1.82) is 10.5 Å². The number of nitrogens with zero attached hydrogens (tertiary/aromatic N) is 3. The van der Waals surface area contributed by atoms with E-state index in [0.29, 0.717) is 11.3 Å². The summed E-state index contributed by atoms with van der Waals surface area (Å²) in [6.45, 7) is 8.23. The summed E-state index contributed by atoms with van der Waals surface area (Å²) < 4.78 is 0. The van der Waals surface area contributed by atoms with E-state index in [-0.39, 0.29) is 22.7 Å². The molecule has 0 unspecified atom stereocenters. The molecule has 1 heterocycles. The lowest BCUT2D eigenvalue weighted by Gasteiger charge is -2.54. The first-order valence-electron chi connectivity index (χ1n) is 8.58. The summed E-state index contributed by atoms with van der Waals surface area (Å²) >= 11 is 0. The van der Waals surface area contributed by atoms with Crippen LogP contribution in [0.25, 0.3) is 0 Å². The lowest BCUT2D eigenvalue weighted by molar-refractivity contribution is -0.112. The largest absolute Gasteiger partial charge is 0.366 e. The van der Waals surface area contributed by atoms with Crippen molar-refractivity contribution in [3.8, 4) is 12.1 Å². The van der Waals surface area contributed by atoms with Gasteiger partial charge in [-0.2, -0.15) is 10.5 Å². The van der Waals surface area contributed by atoms with Gasteiger partial charge in [-0.15, -0.1) is 0 Å². The van der Waals surface area contributed by atoms with Crippen LogP contribution in [0.15, 0.2) is 36.0 Å². The van der Waals surface area contributed by atoms with Gasteiger partial charge in [0.1, 0.15) is 17.7 Å². The third-order valence-electron chi connectivity index (χ3n) is 4.75.